The number of nitrogens with zero attached hydrogens (tertiary/aromatic N) is 3. The first-order valence-corrected chi connectivity index (χ1v) is 12.5. The van der Waals surface area contributed by atoms with Crippen LogP contribution in [-0.4, -0.2) is 38.7 Å². The van der Waals surface area contributed by atoms with Gasteiger partial charge in [0.2, 0.25) is 5.91 Å². The molecule has 6 nitrogen and oxygen atoms in total. The number of hydrogen-bond acceptors (Lipinski definition) is 5. The van der Waals surface area contributed by atoms with Crippen LogP contribution in [0.1, 0.15) is 37.8 Å². The molecule has 8 heteroatoms. The number of benzene rings is 1. The predicted molar refractivity (Wildman–Crippen MR) is 132 cm³/mol. The largest absolute Gasteiger partial charge is 0.352 e. The Morgan fingerprint density at radius 3 is 2.59 bits per heavy atom. The van der Waals surface area contributed by atoms with Crippen LogP contribution >= 0.6 is 23.6 Å². The molecule has 3 aromatic rings. The normalized spacial score (nSPS) is 19.2. The van der Waals surface area contributed by atoms with Gasteiger partial charge in [-0.25, -0.2) is 0 Å². The highest BCUT2D eigenvalue weighted by Crippen LogP contribution is 2.23. The first-order chi connectivity index (χ1) is 15.5. The minimum atomic E-state index is 0.00518. The monoisotopic (exact) mass is 469 g/mol. The van der Waals surface area contributed by atoms with Crippen LogP contribution in [0.15, 0.2) is 41.8 Å². The van der Waals surface area contributed by atoms with Crippen molar-refractivity contribution in [2.75, 3.05) is 13.1 Å². The van der Waals surface area contributed by atoms with Crippen LogP contribution in [0, 0.1) is 16.6 Å². The summed E-state index contributed by atoms with van der Waals surface area (Å²) in [6, 6.07) is 12.6. The maximum absolute atomic E-state index is 12.4. The van der Waals surface area contributed by atoms with Crippen LogP contribution in [0.3, 0.4) is 0 Å². The Hall–Kier alpha value is -2.29. The average Bonchev–Trinajstić information content (AvgIpc) is 3.41. The standard InChI is InChI=1S/C24H31N5OS2/c1-17-12-18(2)15-28(14-17)16-20-7-5-19(6-8-20)13-25-22(30)9-10-29-23(26-27-24(29)31)21-4-3-11-32-21/h3-8,11,17-18H,9-10,12-16H2,1-2H3,(H,25,30)(H,27,31). The molecule has 2 atom stereocenters. The number of aromatic amines is 1. The van der Waals surface area contributed by atoms with E-state index in [0.717, 1.165) is 34.6 Å². The number of amides is 1. The summed E-state index contributed by atoms with van der Waals surface area (Å²) in [6.45, 7) is 9.08. The summed E-state index contributed by atoms with van der Waals surface area (Å²) in [6.07, 6.45) is 1.69. The summed E-state index contributed by atoms with van der Waals surface area (Å²) < 4.78 is 2.42. The van der Waals surface area contributed by atoms with Gasteiger partial charge < -0.3 is 5.32 Å². The van der Waals surface area contributed by atoms with Crippen LogP contribution in [0.5, 0.6) is 0 Å². The van der Waals surface area contributed by atoms with Gasteiger partial charge in [-0.1, -0.05) is 44.2 Å². The van der Waals surface area contributed by atoms with Crippen molar-refractivity contribution >= 4 is 29.5 Å². The lowest BCUT2D eigenvalue weighted by Gasteiger charge is -2.35. The summed E-state index contributed by atoms with van der Waals surface area (Å²) in [5.74, 6) is 2.33. The van der Waals surface area contributed by atoms with Crippen molar-refractivity contribution in [1.29, 1.82) is 0 Å². The third-order valence-electron chi connectivity index (χ3n) is 5.93. The molecular weight excluding hydrogens is 438 g/mol. The van der Waals surface area contributed by atoms with Gasteiger partial charge in [-0.3, -0.25) is 19.4 Å². The number of H-pyrrole nitrogens is 1. The first-order valence-electron chi connectivity index (χ1n) is 11.2. The van der Waals surface area contributed by atoms with Crippen molar-refractivity contribution in [2.24, 2.45) is 11.8 Å². The van der Waals surface area contributed by atoms with E-state index in [2.05, 4.69) is 58.5 Å². The van der Waals surface area contributed by atoms with Crippen molar-refractivity contribution in [3.8, 4) is 10.7 Å². The number of thiophene rings is 1. The van der Waals surface area contributed by atoms with Gasteiger partial charge in [-0.05, 0) is 53.0 Å². The molecule has 1 saturated heterocycles. The SMILES string of the molecule is CC1CC(C)CN(Cc2ccc(CNC(=O)CCn3c(-c4cccs4)n[nH]c3=S)cc2)C1. The van der Waals surface area contributed by atoms with Crippen LogP contribution in [0.4, 0.5) is 0 Å². The molecular formula is C24H31N5OS2. The molecule has 1 aromatic carbocycles. The van der Waals surface area contributed by atoms with Crippen LogP contribution < -0.4 is 5.32 Å². The molecule has 1 amide bonds. The van der Waals surface area contributed by atoms with E-state index >= 15 is 0 Å². The number of hydrogen-bond donors (Lipinski definition) is 2. The number of piperidine rings is 1. The van der Waals surface area contributed by atoms with Crippen LogP contribution in [-0.2, 0) is 24.4 Å². The molecule has 1 aliphatic heterocycles. The predicted octanol–water partition coefficient (Wildman–Crippen LogP) is 4.85. The minimum absolute atomic E-state index is 0.00518. The molecule has 2 unspecified atom stereocenters. The van der Waals surface area contributed by atoms with Crippen molar-refractivity contribution in [1.82, 2.24) is 25.0 Å². The smallest absolute Gasteiger partial charge is 0.222 e. The second-order valence-corrected chi connectivity index (χ2v) is 10.3. The Balaban J connectivity index is 1.25. The Morgan fingerprint density at radius 1 is 1.19 bits per heavy atom. The summed E-state index contributed by atoms with van der Waals surface area (Å²) in [4.78, 5) is 16.0. The van der Waals surface area contributed by atoms with E-state index in [-0.39, 0.29) is 5.91 Å². The number of carbonyl (C=O) groups excluding carboxylic acids is 1. The van der Waals surface area contributed by atoms with E-state index in [1.165, 1.54) is 25.1 Å². The minimum Gasteiger partial charge on any atom is -0.352 e. The zero-order valence-electron chi connectivity index (χ0n) is 18.7. The van der Waals surface area contributed by atoms with Gasteiger partial charge in [0.25, 0.3) is 0 Å². The van der Waals surface area contributed by atoms with E-state index in [0.29, 0.717) is 24.3 Å². The van der Waals surface area contributed by atoms with Gasteiger partial charge in [-0.2, -0.15) is 5.10 Å². The van der Waals surface area contributed by atoms with Crippen molar-refractivity contribution in [3.63, 3.8) is 0 Å². The van der Waals surface area contributed by atoms with Crippen molar-refractivity contribution < 1.29 is 4.79 Å². The van der Waals surface area contributed by atoms with Gasteiger partial charge in [0.05, 0.1) is 4.88 Å². The van der Waals surface area contributed by atoms with Gasteiger partial charge >= 0.3 is 0 Å². The lowest BCUT2D eigenvalue weighted by atomic mass is 9.91. The number of nitrogens with one attached hydrogen (secondary N) is 2. The maximum atomic E-state index is 12.4. The summed E-state index contributed by atoms with van der Waals surface area (Å²) in [5, 5.41) is 12.2. The van der Waals surface area contributed by atoms with E-state index in [9.17, 15) is 4.79 Å². The molecule has 32 heavy (non-hydrogen) atoms. The molecule has 4 rings (SSSR count). The summed E-state index contributed by atoms with van der Waals surface area (Å²) in [5.41, 5.74) is 2.44. The fourth-order valence-electron chi connectivity index (χ4n) is 4.56. The first kappa shape index (κ1) is 22.9. The number of likely N-dealkylation sites (tertiary alicyclic amines) is 1. The molecule has 0 spiro atoms. The molecule has 0 aliphatic carbocycles. The quantitative estimate of drug-likeness (QED) is 0.463. The van der Waals surface area contributed by atoms with Gasteiger partial charge in [0.1, 0.15) is 0 Å². The molecule has 0 radical (unpaired) electrons. The summed E-state index contributed by atoms with van der Waals surface area (Å²) >= 11 is 6.94. The number of carbonyl (C=O) groups is 1. The highest BCUT2D eigenvalue weighted by molar-refractivity contribution is 7.71. The Kier molecular flexibility index (Phi) is 7.55. The molecule has 3 heterocycles. The van der Waals surface area contributed by atoms with E-state index in [4.69, 9.17) is 12.2 Å². The molecule has 2 aromatic heterocycles. The lowest BCUT2D eigenvalue weighted by Crippen LogP contribution is -2.38. The fraction of sp³-hybridized carbons (Fsp3) is 0.458. The third-order valence-corrected chi connectivity index (χ3v) is 7.10. The lowest BCUT2D eigenvalue weighted by molar-refractivity contribution is -0.121. The maximum Gasteiger partial charge on any atom is 0.222 e. The Bertz CT molecular complexity index is 1060. The molecule has 2 N–H and O–H groups in total. The second-order valence-electron chi connectivity index (χ2n) is 8.96. The molecule has 170 valence electrons. The zero-order valence-corrected chi connectivity index (χ0v) is 20.3. The van der Waals surface area contributed by atoms with Gasteiger partial charge in [-0.15, -0.1) is 11.3 Å². The highest BCUT2D eigenvalue weighted by atomic mass is 32.1. The number of rotatable bonds is 8. The topological polar surface area (TPSA) is 66.0 Å². The van der Waals surface area contributed by atoms with E-state index < -0.39 is 0 Å². The summed E-state index contributed by atoms with van der Waals surface area (Å²) in [7, 11) is 0. The van der Waals surface area contributed by atoms with Crippen LogP contribution in [0.2, 0.25) is 0 Å². The zero-order chi connectivity index (χ0) is 22.5. The fourth-order valence-corrected chi connectivity index (χ4v) is 5.51. The molecule has 1 aliphatic rings. The molecule has 0 bridgehead atoms. The Morgan fingerprint density at radius 2 is 1.91 bits per heavy atom. The van der Waals surface area contributed by atoms with E-state index in [1.807, 2.05) is 22.1 Å². The Labute approximate surface area is 198 Å². The van der Waals surface area contributed by atoms with Gasteiger partial charge in [0, 0.05) is 39.1 Å². The highest BCUT2D eigenvalue weighted by Gasteiger charge is 2.21. The van der Waals surface area contributed by atoms with Crippen LogP contribution in [0.25, 0.3) is 10.7 Å². The van der Waals surface area contributed by atoms with Crippen molar-refractivity contribution in [3.05, 3.63) is 57.7 Å². The average molecular weight is 470 g/mol. The molecule has 0 saturated carbocycles. The number of aromatic nitrogens is 3. The van der Waals surface area contributed by atoms with Gasteiger partial charge in [0.15, 0.2) is 10.6 Å². The third kappa shape index (κ3) is 5.94. The van der Waals surface area contributed by atoms with E-state index in [1.54, 1.807) is 11.3 Å². The second kappa shape index (κ2) is 10.6. The molecule has 1 fully saturated rings. The van der Waals surface area contributed by atoms with Crippen molar-refractivity contribution in [2.45, 2.75) is 46.3 Å².